The van der Waals surface area contributed by atoms with Crippen LogP contribution in [0.1, 0.15) is 84.0 Å². The molecule has 0 spiro atoms. The van der Waals surface area contributed by atoms with Gasteiger partial charge in [-0.05, 0) is 6.42 Å². The minimum Gasteiger partial charge on any atom is -0.454 e. The van der Waals surface area contributed by atoms with Gasteiger partial charge in [-0.3, -0.25) is 4.79 Å². The first-order chi connectivity index (χ1) is 13.0. The molecule has 1 saturated heterocycles. The Morgan fingerprint density at radius 1 is 0.963 bits per heavy atom. The summed E-state index contributed by atoms with van der Waals surface area (Å²) in [5, 5.41) is 31.3. The van der Waals surface area contributed by atoms with Crippen LogP contribution in [0, 0.1) is 0 Å². The van der Waals surface area contributed by atoms with Crippen molar-refractivity contribution < 1.29 is 29.6 Å². The molecule has 0 bridgehead atoms. The molecule has 27 heavy (non-hydrogen) atoms. The number of carbonyl (C=O) groups excluding carboxylic acids is 2. The van der Waals surface area contributed by atoms with Gasteiger partial charge in [-0.2, -0.15) is 0 Å². The van der Waals surface area contributed by atoms with E-state index in [0.29, 0.717) is 6.54 Å². The van der Waals surface area contributed by atoms with Gasteiger partial charge in [-0.1, -0.05) is 77.6 Å². The highest BCUT2D eigenvalue weighted by Gasteiger charge is 2.48. The van der Waals surface area contributed by atoms with Crippen LogP contribution in [-0.4, -0.2) is 58.2 Å². The van der Waals surface area contributed by atoms with Gasteiger partial charge in [0.05, 0.1) is 0 Å². The number of cyclic esters (lactones) is 1. The summed E-state index contributed by atoms with van der Waals surface area (Å²) in [6.45, 7) is 2.65. The molecule has 1 aliphatic rings. The molecule has 7 nitrogen and oxygen atoms in total. The zero-order chi connectivity index (χ0) is 20.1. The van der Waals surface area contributed by atoms with E-state index in [9.17, 15) is 24.9 Å². The van der Waals surface area contributed by atoms with Crippen molar-refractivity contribution in [3.8, 4) is 0 Å². The molecule has 0 unspecified atom stereocenters. The molecule has 1 amide bonds. The number of aliphatic hydroxyl groups is 3. The van der Waals surface area contributed by atoms with E-state index in [2.05, 4.69) is 17.0 Å². The molecule has 7 heteroatoms. The largest absolute Gasteiger partial charge is 0.454 e. The number of ether oxygens (including phenoxy) is 1. The van der Waals surface area contributed by atoms with Crippen LogP contribution in [0.3, 0.4) is 0 Å². The number of unbranched alkanes of at least 4 members (excludes halogenated alkanes) is 11. The fourth-order valence-corrected chi connectivity index (χ4v) is 3.28. The lowest BCUT2D eigenvalue weighted by Crippen LogP contribution is -2.47. The summed E-state index contributed by atoms with van der Waals surface area (Å²) < 4.78 is 4.64. The Hall–Kier alpha value is -1.18. The summed E-state index contributed by atoms with van der Waals surface area (Å²) in [4.78, 5) is 23.0. The quantitative estimate of drug-likeness (QED) is 0.252. The highest BCUT2D eigenvalue weighted by atomic mass is 16.6. The Morgan fingerprint density at radius 2 is 1.44 bits per heavy atom. The van der Waals surface area contributed by atoms with E-state index < -0.39 is 36.3 Å². The van der Waals surface area contributed by atoms with Crippen molar-refractivity contribution in [1.82, 2.24) is 5.32 Å². The molecule has 4 atom stereocenters. The zero-order valence-electron chi connectivity index (χ0n) is 16.6. The second-order valence-electron chi connectivity index (χ2n) is 7.46. The first-order valence-electron chi connectivity index (χ1n) is 10.5. The van der Waals surface area contributed by atoms with Crippen molar-refractivity contribution in [1.29, 1.82) is 0 Å². The third kappa shape index (κ3) is 9.04. The van der Waals surface area contributed by atoms with E-state index in [1.807, 2.05) is 0 Å². The van der Waals surface area contributed by atoms with E-state index in [-0.39, 0.29) is 0 Å². The van der Waals surface area contributed by atoms with E-state index in [1.54, 1.807) is 0 Å². The van der Waals surface area contributed by atoms with Gasteiger partial charge in [0.15, 0.2) is 18.3 Å². The van der Waals surface area contributed by atoms with E-state index in [4.69, 9.17) is 0 Å². The number of carbonyl (C=O) groups is 2. The second kappa shape index (κ2) is 13.9. The number of nitrogens with one attached hydrogen (secondary N) is 1. The van der Waals surface area contributed by atoms with Crippen molar-refractivity contribution >= 4 is 11.9 Å². The molecular weight excluding hydrogens is 350 g/mol. The highest BCUT2D eigenvalue weighted by molar-refractivity contribution is 5.84. The number of aliphatic hydroxyl groups excluding tert-OH is 3. The number of amides is 1. The Morgan fingerprint density at radius 3 is 1.89 bits per heavy atom. The van der Waals surface area contributed by atoms with Crippen LogP contribution in [-0.2, 0) is 14.3 Å². The Labute approximate surface area is 162 Å². The van der Waals surface area contributed by atoms with Gasteiger partial charge in [0, 0.05) is 6.54 Å². The minimum absolute atomic E-state index is 0.423. The van der Waals surface area contributed by atoms with Gasteiger partial charge < -0.3 is 25.4 Å². The summed E-state index contributed by atoms with van der Waals surface area (Å²) in [7, 11) is 0. The van der Waals surface area contributed by atoms with Crippen LogP contribution >= 0.6 is 0 Å². The number of rotatable bonds is 15. The number of hydrogen-bond acceptors (Lipinski definition) is 6. The van der Waals surface area contributed by atoms with Crippen molar-refractivity contribution in [3.05, 3.63) is 0 Å². The summed E-state index contributed by atoms with van der Waals surface area (Å²) in [6.07, 6.45) is 8.31. The van der Waals surface area contributed by atoms with Gasteiger partial charge in [-0.25, -0.2) is 4.79 Å². The summed E-state index contributed by atoms with van der Waals surface area (Å²) in [6, 6.07) is 0. The lowest BCUT2D eigenvalue weighted by Gasteiger charge is -2.19. The molecule has 0 saturated carbocycles. The predicted octanol–water partition coefficient (Wildman–Crippen LogP) is 1.81. The molecule has 1 rings (SSSR count). The van der Waals surface area contributed by atoms with Gasteiger partial charge >= 0.3 is 5.97 Å². The monoisotopic (exact) mass is 387 g/mol. The summed E-state index contributed by atoms with van der Waals surface area (Å²) in [5.41, 5.74) is 0. The molecule has 4 N–H and O–H groups in total. The average Bonchev–Trinajstić information content (AvgIpc) is 2.92. The van der Waals surface area contributed by atoms with Gasteiger partial charge in [0.1, 0.15) is 6.10 Å². The Balaban J connectivity index is 1.96. The van der Waals surface area contributed by atoms with E-state index in [1.165, 1.54) is 57.8 Å². The van der Waals surface area contributed by atoms with Crippen molar-refractivity contribution in [2.75, 3.05) is 6.54 Å². The molecule has 1 fully saturated rings. The third-order valence-corrected chi connectivity index (χ3v) is 5.06. The van der Waals surface area contributed by atoms with Gasteiger partial charge in [0.25, 0.3) is 5.91 Å². The first-order valence-corrected chi connectivity index (χ1v) is 10.5. The number of hydrogen-bond donors (Lipinski definition) is 4. The zero-order valence-corrected chi connectivity index (χ0v) is 16.6. The van der Waals surface area contributed by atoms with Crippen molar-refractivity contribution in [2.45, 2.75) is 108 Å². The van der Waals surface area contributed by atoms with Crippen molar-refractivity contribution in [2.24, 2.45) is 0 Å². The van der Waals surface area contributed by atoms with Crippen molar-refractivity contribution in [3.63, 3.8) is 0 Å². The average molecular weight is 388 g/mol. The fraction of sp³-hybridized carbons (Fsp3) is 0.900. The molecule has 1 aliphatic heterocycles. The maximum atomic E-state index is 11.8. The Kier molecular flexibility index (Phi) is 12.3. The van der Waals surface area contributed by atoms with Crippen LogP contribution < -0.4 is 5.32 Å². The smallest absolute Gasteiger partial charge is 0.338 e. The highest BCUT2D eigenvalue weighted by Crippen LogP contribution is 2.19. The molecule has 158 valence electrons. The maximum absolute atomic E-state index is 11.8. The second-order valence-corrected chi connectivity index (χ2v) is 7.46. The van der Waals surface area contributed by atoms with Crippen LogP contribution in [0.4, 0.5) is 0 Å². The molecular formula is C20H37NO6. The number of esters is 1. The molecule has 0 aromatic heterocycles. The topological polar surface area (TPSA) is 116 Å². The van der Waals surface area contributed by atoms with E-state index in [0.717, 1.165) is 19.3 Å². The molecule has 0 radical (unpaired) electrons. The fourth-order valence-electron chi connectivity index (χ4n) is 3.28. The lowest BCUT2D eigenvalue weighted by molar-refractivity contribution is -0.153. The standard InChI is InChI=1S/C20H37NO6/c1-2-3-4-5-6-7-8-9-10-11-12-13-14-21-19(25)17(24)18-15(22)16(23)20(26)27-18/h15-18,22-24H,2-14H2,1H3,(H,21,25)/t15-,16+,17-,18+/m1/s1. The van der Waals surface area contributed by atoms with Gasteiger partial charge in [0.2, 0.25) is 0 Å². The molecule has 1 heterocycles. The summed E-state index contributed by atoms with van der Waals surface area (Å²) in [5.74, 6) is -1.73. The van der Waals surface area contributed by atoms with Crippen LogP contribution in [0.2, 0.25) is 0 Å². The Bertz CT molecular complexity index is 431. The normalized spacial score (nSPS) is 23.3. The van der Waals surface area contributed by atoms with Gasteiger partial charge in [-0.15, -0.1) is 0 Å². The molecule has 0 aliphatic carbocycles. The minimum atomic E-state index is -1.71. The van der Waals surface area contributed by atoms with E-state index >= 15 is 0 Å². The summed E-state index contributed by atoms with van der Waals surface area (Å²) >= 11 is 0. The third-order valence-electron chi connectivity index (χ3n) is 5.06. The SMILES string of the molecule is CCCCCCCCCCCCCCNC(=O)[C@H](O)[C@H]1OC(=O)[C@@H](O)[C@H]1O. The van der Waals surface area contributed by atoms with Crippen LogP contribution in [0.25, 0.3) is 0 Å². The predicted molar refractivity (Wildman–Crippen MR) is 102 cm³/mol. The van der Waals surface area contributed by atoms with Crippen LogP contribution in [0.15, 0.2) is 0 Å². The molecule has 0 aromatic rings. The maximum Gasteiger partial charge on any atom is 0.338 e. The van der Waals surface area contributed by atoms with Crippen LogP contribution in [0.5, 0.6) is 0 Å². The molecule has 0 aromatic carbocycles. The first kappa shape index (κ1) is 23.9. The lowest BCUT2D eigenvalue weighted by atomic mass is 10.0.